The van der Waals surface area contributed by atoms with E-state index in [-0.39, 0.29) is 12.1 Å². The predicted octanol–water partition coefficient (Wildman–Crippen LogP) is 3.54. The minimum absolute atomic E-state index is 0.105. The Bertz CT molecular complexity index is 288. The maximum Gasteiger partial charge on any atom is 0.302 e. The number of aliphatic hydroxyl groups is 1. The van der Waals surface area contributed by atoms with Gasteiger partial charge in [-0.15, -0.1) is 0 Å². The van der Waals surface area contributed by atoms with Gasteiger partial charge >= 0.3 is 5.97 Å². The second kappa shape index (κ2) is 7.28. The van der Waals surface area contributed by atoms with Gasteiger partial charge in [0.05, 0.1) is 0 Å². The van der Waals surface area contributed by atoms with Crippen molar-refractivity contribution >= 4 is 5.97 Å². The van der Waals surface area contributed by atoms with Crippen molar-refractivity contribution in [2.75, 3.05) is 6.61 Å². The van der Waals surface area contributed by atoms with E-state index in [0.717, 1.165) is 6.42 Å². The molecule has 3 nitrogen and oxygen atoms in total. The van der Waals surface area contributed by atoms with E-state index in [1.807, 2.05) is 13.8 Å². The molecule has 0 aliphatic heterocycles. The summed E-state index contributed by atoms with van der Waals surface area (Å²) in [6, 6.07) is 0. The van der Waals surface area contributed by atoms with E-state index in [2.05, 4.69) is 6.92 Å². The molecular weight excluding hydrogens is 240 g/mol. The number of hydrogen-bond donors (Lipinski definition) is 1. The minimum atomic E-state index is -0.105. The Morgan fingerprint density at radius 2 is 1.84 bits per heavy atom. The van der Waals surface area contributed by atoms with Gasteiger partial charge in [-0.1, -0.05) is 27.2 Å². The lowest BCUT2D eigenvalue weighted by atomic mass is 9.68. The number of carbonyl (C=O) groups is 1. The average Bonchev–Trinajstić information content (AvgIpc) is 2.72. The zero-order chi connectivity index (χ0) is 14.5. The van der Waals surface area contributed by atoms with Crippen LogP contribution in [0.3, 0.4) is 0 Å². The Labute approximate surface area is 117 Å². The molecule has 0 spiro atoms. The Morgan fingerprint density at radius 3 is 2.32 bits per heavy atom. The van der Waals surface area contributed by atoms with E-state index in [9.17, 15) is 4.79 Å². The SMILES string of the molecule is CC(=O)OC1CCCC2(C)CCCC12.CC(C)CO. The molecule has 19 heavy (non-hydrogen) atoms. The maximum atomic E-state index is 11.0. The number of carbonyl (C=O) groups excluding carboxylic acids is 1. The summed E-state index contributed by atoms with van der Waals surface area (Å²) in [5.41, 5.74) is 0.471. The molecular formula is C16H30O3. The van der Waals surface area contributed by atoms with E-state index in [1.165, 1.54) is 39.0 Å². The third-order valence-electron chi connectivity index (χ3n) is 4.53. The second-order valence-corrected chi connectivity index (χ2v) is 6.77. The Balaban J connectivity index is 0.000000312. The monoisotopic (exact) mass is 270 g/mol. The van der Waals surface area contributed by atoms with Crippen LogP contribution in [0.15, 0.2) is 0 Å². The molecule has 3 atom stereocenters. The fraction of sp³-hybridized carbons (Fsp3) is 0.938. The van der Waals surface area contributed by atoms with Crippen LogP contribution in [0.4, 0.5) is 0 Å². The molecule has 112 valence electrons. The highest BCUT2D eigenvalue weighted by molar-refractivity contribution is 5.66. The van der Waals surface area contributed by atoms with Gasteiger partial charge in [0.1, 0.15) is 6.10 Å². The van der Waals surface area contributed by atoms with Crippen molar-refractivity contribution in [2.45, 2.75) is 72.3 Å². The van der Waals surface area contributed by atoms with Gasteiger partial charge in [-0.05, 0) is 43.4 Å². The summed E-state index contributed by atoms with van der Waals surface area (Å²) >= 11 is 0. The zero-order valence-electron chi connectivity index (χ0n) is 12.9. The molecule has 3 heteroatoms. The zero-order valence-corrected chi connectivity index (χ0v) is 12.9. The molecule has 0 aromatic carbocycles. The summed E-state index contributed by atoms with van der Waals surface area (Å²) in [6.45, 7) is 8.15. The molecule has 2 fully saturated rings. The highest BCUT2D eigenvalue weighted by atomic mass is 16.5. The molecule has 0 bridgehead atoms. The van der Waals surface area contributed by atoms with Gasteiger partial charge in [0.25, 0.3) is 0 Å². The van der Waals surface area contributed by atoms with E-state index < -0.39 is 0 Å². The van der Waals surface area contributed by atoms with Crippen molar-refractivity contribution in [3.63, 3.8) is 0 Å². The number of aliphatic hydroxyl groups excluding tert-OH is 1. The van der Waals surface area contributed by atoms with Crippen LogP contribution in [0, 0.1) is 17.3 Å². The normalized spacial score (nSPS) is 33.4. The van der Waals surface area contributed by atoms with Crippen molar-refractivity contribution in [3.05, 3.63) is 0 Å². The predicted molar refractivity (Wildman–Crippen MR) is 76.8 cm³/mol. The number of hydrogen-bond acceptors (Lipinski definition) is 3. The van der Waals surface area contributed by atoms with Crippen LogP contribution in [-0.2, 0) is 9.53 Å². The summed E-state index contributed by atoms with van der Waals surface area (Å²) in [7, 11) is 0. The van der Waals surface area contributed by atoms with E-state index in [0.29, 0.717) is 23.9 Å². The van der Waals surface area contributed by atoms with Crippen molar-refractivity contribution in [3.8, 4) is 0 Å². The summed E-state index contributed by atoms with van der Waals surface area (Å²) in [6.07, 6.45) is 7.76. The molecule has 0 radical (unpaired) electrons. The van der Waals surface area contributed by atoms with Crippen LogP contribution < -0.4 is 0 Å². The Hall–Kier alpha value is -0.570. The van der Waals surface area contributed by atoms with Gasteiger partial charge in [-0.2, -0.15) is 0 Å². The number of ether oxygens (including phenoxy) is 1. The number of rotatable bonds is 2. The van der Waals surface area contributed by atoms with Crippen molar-refractivity contribution in [2.24, 2.45) is 17.3 Å². The Kier molecular flexibility index (Phi) is 6.31. The molecule has 1 N–H and O–H groups in total. The maximum absolute atomic E-state index is 11.0. The van der Waals surface area contributed by atoms with E-state index >= 15 is 0 Å². The molecule has 2 rings (SSSR count). The molecule has 2 aliphatic rings. The van der Waals surface area contributed by atoms with Gasteiger partial charge < -0.3 is 9.84 Å². The lowest BCUT2D eigenvalue weighted by molar-refractivity contribution is -0.154. The lowest BCUT2D eigenvalue weighted by Gasteiger charge is -2.41. The third-order valence-corrected chi connectivity index (χ3v) is 4.53. The smallest absolute Gasteiger partial charge is 0.302 e. The van der Waals surface area contributed by atoms with Crippen LogP contribution in [0.5, 0.6) is 0 Å². The average molecular weight is 270 g/mol. The summed E-state index contributed by atoms with van der Waals surface area (Å²) in [5, 5.41) is 8.14. The first-order valence-corrected chi connectivity index (χ1v) is 7.67. The molecule has 3 unspecified atom stereocenters. The summed E-state index contributed by atoms with van der Waals surface area (Å²) in [5.74, 6) is 0.973. The third kappa shape index (κ3) is 4.79. The Morgan fingerprint density at radius 1 is 1.32 bits per heavy atom. The molecule has 0 heterocycles. The first kappa shape index (κ1) is 16.5. The largest absolute Gasteiger partial charge is 0.462 e. The van der Waals surface area contributed by atoms with Gasteiger partial charge in [0.15, 0.2) is 0 Å². The topological polar surface area (TPSA) is 46.5 Å². The van der Waals surface area contributed by atoms with Crippen molar-refractivity contribution in [1.29, 1.82) is 0 Å². The summed E-state index contributed by atoms with van der Waals surface area (Å²) in [4.78, 5) is 11.0. The van der Waals surface area contributed by atoms with Crippen LogP contribution in [0.1, 0.15) is 66.2 Å². The summed E-state index contributed by atoms with van der Waals surface area (Å²) < 4.78 is 5.43. The van der Waals surface area contributed by atoms with Crippen LogP contribution in [0.2, 0.25) is 0 Å². The van der Waals surface area contributed by atoms with Gasteiger partial charge in [-0.3, -0.25) is 4.79 Å². The molecule has 0 aromatic rings. The highest BCUT2D eigenvalue weighted by Crippen LogP contribution is 2.52. The second-order valence-electron chi connectivity index (χ2n) is 6.77. The minimum Gasteiger partial charge on any atom is -0.462 e. The van der Waals surface area contributed by atoms with Gasteiger partial charge in [-0.25, -0.2) is 0 Å². The van der Waals surface area contributed by atoms with Gasteiger partial charge in [0.2, 0.25) is 0 Å². The van der Waals surface area contributed by atoms with Crippen LogP contribution in [-0.4, -0.2) is 23.8 Å². The molecule has 0 aromatic heterocycles. The highest BCUT2D eigenvalue weighted by Gasteiger charge is 2.46. The first-order valence-electron chi connectivity index (χ1n) is 7.67. The van der Waals surface area contributed by atoms with E-state index in [4.69, 9.17) is 9.84 Å². The van der Waals surface area contributed by atoms with Crippen LogP contribution >= 0.6 is 0 Å². The number of esters is 1. The molecule has 2 aliphatic carbocycles. The van der Waals surface area contributed by atoms with E-state index in [1.54, 1.807) is 0 Å². The van der Waals surface area contributed by atoms with Crippen molar-refractivity contribution < 1.29 is 14.6 Å². The van der Waals surface area contributed by atoms with Gasteiger partial charge in [0, 0.05) is 19.4 Å². The number of fused-ring (bicyclic) bond motifs is 1. The molecule has 0 saturated heterocycles. The van der Waals surface area contributed by atoms with Crippen molar-refractivity contribution in [1.82, 2.24) is 0 Å². The standard InChI is InChI=1S/C12H20O2.C4H10O/c1-9(13)14-11-6-4-8-12(2)7-3-5-10(11)12;1-4(2)3-5/h10-11H,3-8H2,1-2H3;4-5H,3H2,1-2H3. The van der Waals surface area contributed by atoms with Crippen LogP contribution in [0.25, 0.3) is 0 Å². The molecule has 2 saturated carbocycles. The lowest BCUT2D eigenvalue weighted by Crippen LogP contribution is -2.38. The fourth-order valence-electron chi connectivity index (χ4n) is 3.47. The fourth-order valence-corrected chi connectivity index (χ4v) is 3.47. The first-order chi connectivity index (χ1) is 8.89. The molecule has 0 amide bonds. The quantitative estimate of drug-likeness (QED) is 0.781.